The molecule has 3 N–H and O–H groups in total. The number of hydrogen-bond donors (Lipinski definition) is 2. The summed E-state index contributed by atoms with van der Waals surface area (Å²) in [6.45, 7) is 1.50. The lowest BCUT2D eigenvalue weighted by molar-refractivity contribution is 0.00295. The van der Waals surface area contributed by atoms with Gasteiger partial charge in [-0.1, -0.05) is 5.92 Å². The standard InChI is InChI=1S/C12H16F2N4O2/c1-4-5-6-16-8-9(15)18(7-12(2,13)14)11(20)17(3)10(8)19/h16H,6-7,15H2,1-3H3. The van der Waals surface area contributed by atoms with Crippen molar-refractivity contribution in [2.24, 2.45) is 7.05 Å². The van der Waals surface area contributed by atoms with Gasteiger partial charge in [0.1, 0.15) is 11.5 Å². The van der Waals surface area contributed by atoms with Crippen LogP contribution < -0.4 is 22.3 Å². The number of aromatic nitrogens is 2. The first-order valence-electron chi connectivity index (χ1n) is 5.79. The molecule has 0 aromatic carbocycles. The average Bonchev–Trinajstić information content (AvgIpc) is 2.35. The van der Waals surface area contributed by atoms with Crippen LogP contribution in [0.4, 0.5) is 20.3 Å². The Bertz CT molecular complexity index is 674. The summed E-state index contributed by atoms with van der Waals surface area (Å²) >= 11 is 0. The Balaban J connectivity index is 3.41. The van der Waals surface area contributed by atoms with Crippen LogP contribution >= 0.6 is 0 Å². The van der Waals surface area contributed by atoms with Gasteiger partial charge in [0.25, 0.3) is 11.5 Å². The van der Waals surface area contributed by atoms with E-state index in [0.717, 1.165) is 4.57 Å². The van der Waals surface area contributed by atoms with Gasteiger partial charge in [0.15, 0.2) is 0 Å². The molecular formula is C12H16F2N4O2. The first-order valence-corrected chi connectivity index (χ1v) is 5.79. The van der Waals surface area contributed by atoms with Crippen LogP contribution in [0.25, 0.3) is 0 Å². The Kier molecular flexibility index (Phi) is 4.55. The monoisotopic (exact) mass is 286 g/mol. The highest BCUT2D eigenvalue weighted by molar-refractivity contribution is 5.61. The molecular weight excluding hydrogens is 270 g/mol. The van der Waals surface area contributed by atoms with Crippen LogP contribution in [0.2, 0.25) is 0 Å². The number of halogens is 2. The number of rotatable bonds is 4. The van der Waals surface area contributed by atoms with Crippen LogP contribution in [0.1, 0.15) is 13.8 Å². The molecule has 6 nitrogen and oxygen atoms in total. The highest BCUT2D eigenvalue weighted by Gasteiger charge is 2.26. The first kappa shape index (κ1) is 15.8. The van der Waals surface area contributed by atoms with Gasteiger partial charge in [-0.25, -0.2) is 13.6 Å². The number of nitrogens with zero attached hydrogens (tertiary/aromatic N) is 2. The van der Waals surface area contributed by atoms with Crippen molar-refractivity contribution in [1.82, 2.24) is 9.13 Å². The number of hydrogen-bond acceptors (Lipinski definition) is 4. The number of alkyl halides is 2. The molecule has 1 heterocycles. The minimum atomic E-state index is -3.13. The lowest BCUT2D eigenvalue weighted by atomic mass is 10.3. The van der Waals surface area contributed by atoms with Crippen molar-refractivity contribution in [2.45, 2.75) is 26.3 Å². The number of nitrogens with one attached hydrogen (secondary N) is 1. The van der Waals surface area contributed by atoms with Crippen LogP contribution in [0.5, 0.6) is 0 Å². The van der Waals surface area contributed by atoms with Crippen molar-refractivity contribution < 1.29 is 8.78 Å². The first-order chi connectivity index (χ1) is 9.19. The molecule has 0 aliphatic rings. The van der Waals surface area contributed by atoms with E-state index in [1.807, 2.05) is 0 Å². The average molecular weight is 286 g/mol. The lowest BCUT2D eigenvalue weighted by Gasteiger charge is -2.18. The van der Waals surface area contributed by atoms with Gasteiger partial charge < -0.3 is 11.1 Å². The van der Waals surface area contributed by atoms with Gasteiger partial charge in [0.2, 0.25) is 0 Å². The van der Waals surface area contributed by atoms with Gasteiger partial charge in [-0.15, -0.1) is 5.92 Å². The second-order valence-electron chi connectivity index (χ2n) is 4.34. The van der Waals surface area contributed by atoms with E-state index in [1.54, 1.807) is 6.92 Å². The summed E-state index contributed by atoms with van der Waals surface area (Å²) in [5.74, 6) is 1.81. The molecule has 0 unspecified atom stereocenters. The molecule has 0 aliphatic carbocycles. The Morgan fingerprint density at radius 1 is 1.40 bits per heavy atom. The molecule has 0 fully saturated rings. The van der Waals surface area contributed by atoms with Gasteiger partial charge in [0, 0.05) is 14.0 Å². The summed E-state index contributed by atoms with van der Waals surface area (Å²) in [5.41, 5.74) is 3.97. The molecule has 1 aromatic heterocycles. The summed E-state index contributed by atoms with van der Waals surface area (Å²) in [5, 5.41) is 2.64. The quantitative estimate of drug-likeness (QED) is 0.776. The normalized spacial score (nSPS) is 10.8. The second-order valence-corrected chi connectivity index (χ2v) is 4.34. The lowest BCUT2D eigenvalue weighted by Crippen LogP contribution is -2.43. The third kappa shape index (κ3) is 3.38. The molecule has 0 bridgehead atoms. The SMILES string of the molecule is CC#CCNc1c(N)n(CC(C)(F)F)c(=O)n(C)c1=O. The molecule has 1 rings (SSSR count). The van der Waals surface area contributed by atoms with Crippen molar-refractivity contribution in [2.75, 3.05) is 17.6 Å². The zero-order chi connectivity index (χ0) is 15.5. The highest BCUT2D eigenvalue weighted by atomic mass is 19.3. The molecule has 1 aromatic rings. The Labute approximate surface area is 114 Å². The molecule has 110 valence electrons. The molecule has 0 radical (unpaired) electrons. The van der Waals surface area contributed by atoms with E-state index >= 15 is 0 Å². The van der Waals surface area contributed by atoms with E-state index in [4.69, 9.17) is 5.73 Å². The third-order valence-electron chi connectivity index (χ3n) is 2.55. The topological polar surface area (TPSA) is 82.0 Å². The molecule has 0 atom stereocenters. The third-order valence-corrected chi connectivity index (χ3v) is 2.55. The fourth-order valence-electron chi connectivity index (χ4n) is 1.60. The molecule has 0 spiro atoms. The van der Waals surface area contributed by atoms with Crippen molar-refractivity contribution >= 4 is 11.5 Å². The van der Waals surface area contributed by atoms with E-state index in [0.29, 0.717) is 11.5 Å². The molecule has 0 saturated carbocycles. The van der Waals surface area contributed by atoms with Gasteiger partial charge in [0.05, 0.1) is 13.1 Å². The predicted molar refractivity (Wildman–Crippen MR) is 72.9 cm³/mol. The molecule has 0 saturated heterocycles. The zero-order valence-corrected chi connectivity index (χ0v) is 11.5. The van der Waals surface area contributed by atoms with Crippen LogP contribution in [0, 0.1) is 11.8 Å². The summed E-state index contributed by atoms with van der Waals surface area (Å²) < 4.78 is 27.6. The van der Waals surface area contributed by atoms with E-state index < -0.39 is 23.7 Å². The Hall–Kier alpha value is -2.30. The van der Waals surface area contributed by atoms with Gasteiger partial charge in [-0.3, -0.25) is 13.9 Å². The van der Waals surface area contributed by atoms with Crippen LogP contribution in [0.3, 0.4) is 0 Å². The van der Waals surface area contributed by atoms with Gasteiger partial charge in [-0.2, -0.15) is 0 Å². The van der Waals surface area contributed by atoms with E-state index in [2.05, 4.69) is 17.2 Å². The maximum absolute atomic E-state index is 13.1. The van der Waals surface area contributed by atoms with Gasteiger partial charge >= 0.3 is 5.69 Å². The van der Waals surface area contributed by atoms with Crippen LogP contribution in [-0.2, 0) is 13.6 Å². The van der Waals surface area contributed by atoms with Crippen LogP contribution in [0.15, 0.2) is 9.59 Å². The summed E-state index contributed by atoms with van der Waals surface area (Å²) in [4.78, 5) is 23.7. The second kappa shape index (κ2) is 5.77. The molecule has 0 aliphatic heterocycles. The van der Waals surface area contributed by atoms with Crippen molar-refractivity contribution in [3.63, 3.8) is 0 Å². The minimum absolute atomic E-state index is 0.112. The van der Waals surface area contributed by atoms with Crippen LogP contribution in [-0.4, -0.2) is 21.6 Å². The maximum atomic E-state index is 13.1. The number of nitrogens with two attached hydrogens (primary N) is 1. The Morgan fingerprint density at radius 3 is 2.50 bits per heavy atom. The fraction of sp³-hybridized carbons (Fsp3) is 0.500. The Morgan fingerprint density at radius 2 is 2.00 bits per heavy atom. The highest BCUT2D eigenvalue weighted by Crippen LogP contribution is 2.18. The number of nitrogen functional groups attached to an aromatic ring is 1. The zero-order valence-electron chi connectivity index (χ0n) is 11.5. The predicted octanol–water partition coefficient (Wildman–Crippen LogP) is 0.220. The molecule has 0 amide bonds. The van der Waals surface area contributed by atoms with E-state index in [1.165, 1.54) is 7.05 Å². The maximum Gasteiger partial charge on any atom is 0.332 e. The van der Waals surface area contributed by atoms with Crippen molar-refractivity contribution in [3.8, 4) is 11.8 Å². The summed E-state index contributed by atoms with van der Waals surface area (Å²) in [6, 6.07) is 0. The van der Waals surface area contributed by atoms with E-state index in [9.17, 15) is 18.4 Å². The van der Waals surface area contributed by atoms with Crippen molar-refractivity contribution in [1.29, 1.82) is 0 Å². The smallest absolute Gasteiger partial charge is 0.332 e. The minimum Gasteiger partial charge on any atom is -0.383 e. The molecule has 8 heteroatoms. The largest absolute Gasteiger partial charge is 0.383 e. The van der Waals surface area contributed by atoms with Crippen molar-refractivity contribution in [3.05, 3.63) is 20.8 Å². The summed E-state index contributed by atoms with van der Waals surface area (Å²) in [7, 11) is 1.20. The number of anilines is 2. The fourth-order valence-corrected chi connectivity index (χ4v) is 1.60. The van der Waals surface area contributed by atoms with E-state index in [-0.39, 0.29) is 18.1 Å². The molecule has 20 heavy (non-hydrogen) atoms. The summed E-state index contributed by atoms with van der Waals surface area (Å²) in [6.07, 6.45) is 0. The van der Waals surface area contributed by atoms with Gasteiger partial charge in [-0.05, 0) is 6.92 Å².